The SMILES string of the molecule is O=C(N[C@H](C(=O)NCc1ccc(O)cc1)c1cccc([N+](=O)[O-])c1)C(c1ccccc1)c1ccccc1. The molecule has 0 fully saturated rings. The van der Waals surface area contributed by atoms with Crippen LogP contribution in [0.15, 0.2) is 109 Å². The number of hydrogen-bond donors (Lipinski definition) is 3. The fourth-order valence-corrected chi connectivity index (χ4v) is 4.03. The molecule has 0 aromatic heterocycles. The predicted octanol–water partition coefficient (Wildman–Crippen LogP) is 4.61. The standard InChI is InChI=1S/C29H25N3O5/c33-25-16-14-20(15-17-25)19-30-29(35)27(23-12-7-13-24(18-23)32(36)37)31-28(34)26(21-8-3-1-4-9-21)22-10-5-2-6-11-22/h1-18,26-27,33H,19H2,(H,30,35)(H,31,34)/t27-/m0/s1. The predicted molar refractivity (Wildman–Crippen MR) is 139 cm³/mol. The van der Waals surface area contributed by atoms with Gasteiger partial charge >= 0.3 is 0 Å². The van der Waals surface area contributed by atoms with Gasteiger partial charge in [0.05, 0.1) is 10.8 Å². The fourth-order valence-electron chi connectivity index (χ4n) is 4.03. The van der Waals surface area contributed by atoms with Crippen LogP contribution in [0, 0.1) is 10.1 Å². The minimum absolute atomic E-state index is 0.102. The lowest BCUT2D eigenvalue weighted by molar-refractivity contribution is -0.384. The Hall–Kier alpha value is -4.98. The molecule has 2 amide bonds. The molecule has 0 aliphatic rings. The molecule has 186 valence electrons. The normalized spacial score (nSPS) is 11.5. The van der Waals surface area contributed by atoms with Gasteiger partial charge in [-0.1, -0.05) is 84.9 Å². The van der Waals surface area contributed by atoms with Gasteiger partial charge < -0.3 is 15.7 Å². The van der Waals surface area contributed by atoms with Crippen molar-refractivity contribution in [1.82, 2.24) is 10.6 Å². The Morgan fingerprint density at radius 1 is 0.757 bits per heavy atom. The van der Waals surface area contributed by atoms with Gasteiger partial charge in [-0.25, -0.2) is 0 Å². The summed E-state index contributed by atoms with van der Waals surface area (Å²) in [4.78, 5) is 37.9. The van der Waals surface area contributed by atoms with Gasteiger partial charge in [-0.15, -0.1) is 0 Å². The van der Waals surface area contributed by atoms with Gasteiger partial charge in [0.2, 0.25) is 11.8 Å². The zero-order chi connectivity index (χ0) is 26.2. The van der Waals surface area contributed by atoms with E-state index >= 15 is 0 Å². The molecule has 0 saturated heterocycles. The number of phenolic OH excluding ortho intramolecular Hbond substituents is 1. The Kier molecular flexibility index (Phi) is 7.90. The molecule has 4 aromatic rings. The van der Waals surface area contributed by atoms with Crippen LogP contribution in [0.25, 0.3) is 0 Å². The summed E-state index contributed by atoms with van der Waals surface area (Å²) in [5.74, 6) is -1.55. The summed E-state index contributed by atoms with van der Waals surface area (Å²) in [5, 5.41) is 26.5. The molecular weight excluding hydrogens is 470 g/mol. The fraction of sp³-hybridized carbons (Fsp3) is 0.103. The highest BCUT2D eigenvalue weighted by molar-refractivity contribution is 5.93. The summed E-state index contributed by atoms with van der Waals surface area (Å²) in [6.45, 7) is 0.140. The van der Waals surface area contributed by atoms with Crippen molar-refractivity contribution in [2.45, 2.75) is 18.5 Å². The van der Waals surface area contributed by atoms with E-state index in [4.69, 9.17) is 0 Å². The number of carbonyl (C=O) groups excluding carboxylic acids is 2. The molecule has 0 spiro atoms. The Morgan fingerprint density at radius 3 is 1.89 bits per heavy atom. The number of hydrogen-bond acceptors (Lipinski definition) is 5. The van der Waals surface area contributed by atoms with Crippen molar-refractivity contribution in [2.75, 3.05) is 0 Å². The van der Waals surface area contributed by atoms with Crippen LogP contribution >= 0.6 is 0 Å². The molecule has 8 heteroatoms. The highest BCUT2D eigenvalue weighted by atomic mass is 16.6. The number of rotatable bonds is 9. The number of non-ortho nitro benzene ring substituents is 1. The maximum absolute atomic E-state index is 13.7. The molecule has 0 aliphatic heterocycles. The molecule has 0 heterocycles. The first-order chi connectivity index (χ1) is 17.9. The summed E-state index contributed by atoms with van der Waals surface area (Å²) < 4.78 is 0. The van der Waals surface area contributed by atoms with Crippen LogP contribution < -0.4 is 10.6 Å². The summed E-state index contributed by atoms with van der Waals surface area (Å²) in [6.07, 6.45) is 0. The number of nitro groups is 1. The van der Waals surface area contributed by atoms with Gasteiger partial charge in [-0.3, -0.25) is 19.7 Å². The van der Waals surface area contributed by atoms with Gasteiger partial charge in [0.15, 0.2) is 0 Å². The van der Waals surface area contributed by atoms with Crippen molar-refractivity contribution in [3.8, 4) is 5.75 Å². The largest absolute Gasteiger partial charge is 0.508 e. The van der Waals surface area contributed by atoms with Gasteiger partial charge in [0, 0.05) is 18.7 Å². The molecule has 4 aromatic carbocycles. The van der Waals surface area contributed by atoms with E-state index in [9.17, 15) is 24.8 Å². The van der Waals surface area contributed by atoms with E-state index in [1.54, 1.807) is 18.2 Å². The van der Waals surface area contributed by atoms with Crippen LogP contribution in [0.4, 0.5) is 5.69 Å². The molecule has 3 N–H and O–H groups in total. The molecule has 0 bridgehead atoms. The van der Waals surface area contributed by atoms with E-state index in [1.165, 1.54) is 30.3 Å². The first-order valence-corrected chi connectivity index (χ1v) is 11.6. The zero-order valence-electron chi connectivity index (χ0n) is 19.8. The second kappa shape index (κ2) is 11.6. The van der Waals surface area contributed by atoms with E-state index in [2.05, 4.69) is 10.6 Å². The second-order valence-electron chi connectivity index (χ2n) is 8.43. The maximum Gasteiger partial charge on any atom is 0.269 e. The van der Waals surface area contributed by atoms with E-state index in [1.807, 2.05) is 60.7 Å². The van der Waals surface area contributed by atoms with Gasteiger partial charge in [0.25, 0.3) is 5.69 Å². The van der Waals surface area contributed by atoms with Crippen LogP contribution in [0.1, 0.15) is 34.2 Å². The van der Waals surface area contributed by atoms with Crippen LogP contribution in [-0.4, -0.2) is 21.8 Å². The van der Waals surface area contributed by atoms with Crippen molar-refractivity contribution in [3.63, 3.8) is 0 Å². The number of benzene rings is 4. The molecule has 37 heavy (non-hydrogen) atoms. The van der Waals surface area contributed by atoms with Gasteiger partial charge in [-0.05, 0) is 34.4 Å². The lowest BCUT2D eigenvalue weighted by Gasteiger charge is -2.23. The molecule has 4 rings (SSSR count). The highest BCUT2D eigenvalue weighted by Crippen LogP contribution is 2.27. The third-order valence-corrected chi connectivity index (χ3v) is 5.89. The van der Waals surface area contributed by atoms with Gasteiger partial charge in [-0.2, -0.15) is 0 Å². The topological polar surface area (TPSA) is 122 Å². The van der Waals surface area contributed by atoms with Crippen molar-refractivity contribution in [1.29, 1.82) is 0 Å². The molecular formula is C29H25N3O5. The summed E-state index contributed by atoms with van der Waals surface area (Å²) in [5.41, 5.74) is 2.32. The lowest BCUT2D eigenvalue weighted by Crippen LogP contribution is -2.42. The molecule has 0 aliphatic carbocycles. The summed E-state index contributed by atoms with van der Waals surface area (Å²) in [6, 6.07) is 29.2. The Bertz CT molecular complexity index is 1340. The van der Waals surface area contributed by atoms with E-state index < -0.39 is 28.7 Å². The third-order valence-electron chi connectivity index (χ3n) is 5.89. The molecule has 0 unspecified atom stereocenters. The number of nitrogens with one attached hydrogen (secondary N) is 2. The number of phenols is 1. The van der Waals surface area contributed by atoms with Crippen molar-refractivity contribution in [2.24, 2.45) is 0 Å². The van der Waals surface area contributed by atoms with Crippen molar-refractivity contribution in [3.05, 3.63) is 142 Å². The number of carbonyl (C=O) groups is 2. The molecule has 0 radical (unpaired) electrons. The molecule has 0 saturated carbocycles. The van der Waals surface area contributed by atoms with Crippen LogP contribution in [0.2, 0.25) is 0 Å². The average molecular weight is 496 g/mol. The Balaban J connectivity index is 1.65. The number of amides is 2. The lowest BCUT2D eigenvalue weighted by atomic mass is 9.90. The number of aromatic hydroxyl groups is 1. The minimum Gasteiger partial charge on any atom is -0.508 e. The molecule has 1 atom stereocenters. The molecule has 8 nitrogen and oxygen atoms in total. The monoisotopic (exact) mass is 495 g/mol. The second-order valence-corrected chi connectivity index (χ2v) is 8.43. The van der Waals surface area contributed by atoms with Gasteiger partial charge in [0.1, 0.15) is 11.8 Å². The van der Waals surface area contributed by atoms with E-state index in [0.29, 0.717) is 0 Å². The van der Waals surface area contributed by atoms with E-state index in [-0.39, 0.29) is 23.5 Å². The van der Waals surface area contributed by atoms with Crippen LogP contribution in [0.5, 0.6) is 5.75 Å². The van der Waals surface area contributed by atoms with Crippen LogP contribution in [0.3, 0.4) is 0 Å². The van der Waals surface area contributed by atoms with Crippen LogP contribution in [-0.2, 0) is 16.1 Å². The smallest absolute Gasteiger partial charge is 0.269 e. The Labute approximate surface area is 213 Å². The van der Waals surface area contributed by atoms with Crippen molar-refractivity contribution < 1.29 is 19.6 Å². The zero-order valence-corrected chi connectivity index (χ0v) is 19.8. The number of nitrogens with zero attached hydrogens (tertiary/aromatic N) is 1. The highest BCUT2D eigenvalue weighted by Gasteiger charge is 2.29. The summed E-state index contributed by atoms with van der Waals surface area (Å²) in [7, 11) is 0. The minimum atomic E-state index is -1.18. The quantitative estimate of drug-likeness (QED) is 0.231. The average Bonchev–Trinajstić information content (AvgIpc) is 2.92. The first-order valence-electron chi connectivity index (χ1n) is 11.6. The summed E-state index contributed by atoms with van der Waals surface area (Å²) >= 11 is 0. The Morgan fingerprint density at radius 2 is 1.32 bits per heavy atom. The third kappa shape index (κ3) is 6.37. The van der Waals surface area contributed by atoms with Crippen molar-refractivity contribution >= 4 is 17.5 Å². The number of nitro benzene ring substituents is 1. The maximum atomic E-state index is 13.7. The first kappa shape index (κ1) is 25.1. The van der Waals surface area contributed by atoms with E-state index in [0.717, 1.165) is 16.7 Å².